The van der Waals surface area contributed by atoms with E-state index in [1.165, 1.54) is 4.90 Å². The molecule has 0 radical (unpaired) electrons. The number of nitrogens with one attached hydrogen (secondary N) is 3. The molecule has 1 fully saturated rings. The van der Waals surface area contributed by atoms with Crippen LogP contribution < -0.4 is 16.4 Å². The lowest BCUT2D eigenvalue weighted by Crippen LogP contribution is -2.35. The second kappa shape index (κ2) is 11.6. The van der Waals surface area contributed by atoms with Gasteiger partial charge in [-0.25, -0.2) is 4.79 Å². The molecule has 1 saturated heterocycles. The standard InChI is InChI=1S/C26H30N8O3/c1-33(2)26(36)32-21-11-18(13-29-14-21)17-3-6-23(27)22(12-17)24(28)25(35)31-19-4-5-20(30-15-19)16-34-7-9-37-10-8-34/h3-6,11-15,28H,7-10,16,27H2,1-2H3,(H,31,35)(H,32,36). The Morgan fingerprint density at radius 3 is 2.51 bits per heavy atom. The predicted octanol–water partition coefficient (Wildman–Crippen LogP) is 2.66. The summed E-state index contributed by atoms with van der Waals surface area (Å²) in [6.07, 6.45) is 4.76. The normalized spacial score (nSPS) is 13.6. The molecule has 3 aromatic rings. The number of nitrogens with two attached hydrogens (primary N) is 1. The third kappa shape index (κ3) is 6.66. The van der Waals surface area contributed by atoms with Crippen molar-refractivity contribution in [3.8, 4) is 11.1 Å². The van der Waals surface area contributed by atoms with Crippen LogP contribution >= 0.6 is 0 Å². The fourth-order valence-electron chi connectivity index (χ4n) is 3.75. The van der Waals surface area contributed by atoms with E-state index >= 15 is 0 Å². The summed E-state index contributed by atoms with van der Waals surface area (Å²) in [6.45, 7) is 3.88. The number of hydrogen-bond acceptors (Lipinski definition) is 8. The molecule has 37 heavy (non-hydrogen) atoms. The van der Waals surface area contributed by atoms with Crippen molar-refractivity contribution in [2.24, 2.45) is 0 Å². The van der Waals surface area contributed by atoms with E-state index in [2.05, 4.69) is 25.5 Å². The number of hydrogen-bond donors (Lipinski definition) is 4. The number of amides is 3. The highest BCUT2D eigenvalue weighted by Gasteiger charge is 2.17. The van der Waals surface area contributed by atoms with Gasteiger partial charge in [0.15, 0.2) is 0 Å². The topological polar surface area (TPSA) is 150 Å². The average Bonchev–Trinajstić information content (AvgIpc) is 2.90. The minimum absolute atomic E-state index is 0.276. The Morgan fingerprint density at radius 1 is 1.03 bits per heavy atom. The number of anilines is 3. The molecule has 2 aromatic heterocycles. The van der Waals surface area contributed by atoms with Crippen LogP contribution in [0.25, 0.3) is 11.1 Å². The fraction of sp³-hybridized carbons (Fsp3) is 0.269. The van der Waals surface area contributed by atoms with Crippen LogP contribution in [0.5, 0.6) is 0 Å². The summed E-state index contributed by atoms with van der Waals surface area (Å²) >= 11 is 0. The number of ether oxygens (including phenoxy) is 1. The number of carbonyl (C=O) groups excluding carboxylic acids is 2. The largest absolute Gasteiger partial charge is 0.398 e. The summed E-state index contributed by atoms with van der Waals surface area (Å²) in [7, 11) is 3.29. The van der Waals surface area contributed by atoms with Crippen molar-refractivity contribution in [2.75, 3.05) is 56.8 Å². The maximum Gasteiger partial charge on any atom is 0.321 e. The molecular formula is C26H30N8O3. The van der Waals surface area contributed by atoms with Crippen molar-refractivity contribution >= 4 is 34.7 Å². The summed E-state index contributed by atoms with van der Waals surface area (Å²) in [5.41, 5.74) is 9.72. The van der Waals surface area contributed by atoms with Gasteiger partial charge in [-0.05, 0) is 35.9 Å². The molecule has 1 aromatic carbocycles. The SMILES string of the molecule is CN(C)C(=O)Nc1cncc(-c2ccc(N)c(C(=N)C(=O)Nc3ccc(CN4CCOCC4)nc3)c2)c1. The monoisotopic (exact) mass is 502 g/mol. The summed E-state index contributed by atoms with van der Waals surface area (Å²) in [6, 6.07) is 10.2. The van der Waals surface area contributed by atoms with Crippen LogP contribution in [0.1, 0.15) is 11.3 Å². The summed E-state index contributed by atoms with van der Waals surface area (Å²) in [5, 5.41) is 13.9. The maximum absolute atomic E-state index is 12.8. The average molecular weight is 503 g/mol. The van der Waals surface area contributed by atoms with Crippen molar-refractivity contribution in [2.45, 2.75) is 6.54 Å². The Kier molecular flexibility index (Phi) is 8.06. The van der Waals surface area contributed by atoms with Crippen LogP contribution in [0.3, 0.4) is 0 Å². The van der Waals surface area contributed by atoms with Crippen molar-refractivity contribution in [3.63, 3.8) is 0 Å². The smallest absolute Gasteiger partial charge is 0.321 e. The molecule has 0 bridgehead atoms. The maximum atomic E-state index is 12.8. The van der Waals surface area contributed by atoms with Gasteiger partial charge in [0, 0.05) is 56.7 Å². The first-order valence-corrected chi connectivity index (χ1v) is 11.8. The zero-order valence-electron chi connectivity index (χ0n) is 20.8. The van der Waals surface area contributed by atoms with Gasteiger partial charge in [0.25, 0.3) is 5.91 Å². The third-order valence-electron chi connectivity index (χ3n) is 5.85. The molecule has 0 spiro atoms. The Bertz CT molecular complexity index is 1290. The molecular weight excluding hydrogens is 472 g/mol. The molecule has 11 nitrogen and oxygen atoms in total. The number of morpholine rings is 1. The van der Waals surface area contributed by atoms with Crippen LogP contribution in [0.2, 0.25) is 0 Å². The molecule has 5 N–H and O–H groups in total. The van der Waals surface area contributed by atoms with Gasteiger partial charge >= 0.3 is 6.03 Å². The molecule has 192 valence electrons. The number of nitrogen functional groups attached to an aromatic ring is 1. The van der Waals surface area contributed by atoms with E-state index < -0.39 is 5.91 Å². The Balaban J connectivity index is 1.44. The Labute approximate surface area is 215 Å². The van der Waals surface area contributed by atoms with Gasteiger partial charge in [-0.15, -0.1) is 0 Å². The number of pyridine rings is 2. The fourth-order valence-corrected chi connectivity index (χ4v) is 3.75. The molecule has 3 heterocycles. The van der Waals surface area contributed by atoms with Crippen LogP contribution in [0.4, 0.5) is 21.9 Å². The van der Waals surface area contributed by atoms with Crippen LogP contribution in [-0.4, -0.2) is 77.8 Å². The van der Waals surface area contributed by atoms with Crippen LogP contribution in [-0.2, 0) is 16.1 Å². The number of urea groups is 1. The molecule has 1 aliphatic heterocycles. The molecule has 3 amide bonds. The summed E-state index contributed by atoms with van der Waals surface area (Å²) in [4.78, 5) is 37.1. The van der Waals surface area contributed by atoms with Gasteiger partial charge in [0.1, 0.15) is 5.71 Å². The quantitative estimate of drug-likeness (QED) is 0.287. The number of rotatable bonds is 7. The van der Waals surface area contributed by atoms with E-state index in [0.29, 0.717) is 34.7 Å². The Morgan fingerprint density at radius 2 is 1.81 bits per heavy atom. The second-order valence-electron chi connectivity index (χ2n) is 8.84. The summed E-state index contributed by atoms with van der Waals surface area (Å²) < 4.78 is 5.37. The highest BCUT2D eigenvalue weighted by atomic mass is 16.5. The molecule has 0 unspecified atom stereocenters. The zero-order valence-corrected chi connectivity index (χ0v) is 20.8. The second-order valence-corrected chi connectivity index (χ2v) is 8.84. The lowest BCUT2D eigenvalue weighted by molar-refractivity contribution is -0.110. The highest BCUT2D eigenvalue weighted by Crippen LogP contribution is 2.26. The van der Waals surface area contributed by atoms with E-state index in [1.54, 1.807) is 63.0 Å². The highest BCUT2D eigenvalue weighted by molar-refractivity contribution is 6.48. The Hall–Kier alpha value is -4.35. The van der Waals surface area contributed by atoms with Crippen LogP contribution in [0.15, 0.2) is 55.0 Å². The van der Waals surface area contributed by atoms with Gasteiger partial charge in [-0.2, -0.15) is 0 Å². The molecule has 4 rings (SSSR count). The van der Waals surface area contributed by atoms with Gasteiger partial charge in [0.2, 0.25) is 0 Å². The van der Waals surface area contributed by atoms with Crippen molar-refractivity contribution in [1.82, 2.24) is 19.8 Å². The first-order valence-electron chi connectivity index (χ1n) is 11.8. The van der Waals surface area contributed by atoms with Gasteiger partial charge in [-0.3, -0.25) is 25.1 Å². The first-order chi connectivity index (χ1) is 17.8. The summed E-state index contributed by atoms with van der Waals surface area (Å²) in [5.74, 6) is -0.600. The van der Waals surface area contributed by atoms with E-state index in [4.69, 9.17) is 15.9 Å². The molecule has 0 aliphatic carbocycles. The van der Waals surface area contributed by atoms with Crippen molar-refractivity contribution < 1.29 is 14.3 Å². The van der Waals surface area contributed by atoms with E-state index in [-0.39, 0.29) is 17.3 Å². The van der Waals surface area contributed by atoms with Crippen molar-refractivity contribution in [3.05, 3.63) is 66.2 Å². The number of nitrogens with zero attached hydrogens (tertiary/aromatic N) is 4. The zero-order chi connectivity index (χ0) is 26.4. The predicted molar refractivity (Wildman–Crippen MR) is 143 cm³/mol. The number of benzene rings is 1. The lowest BCUT2D eigenvalue weighted by atomic mass is 10.00. The van der Waals surface area contributed by atoms with Crippen LogP contribution in [0, 0.1) is 5.41 Å². The van der Waals surface area contributed by atoms with Gasteiger partial charge in [0.05, 0.1) is 42.7 Å². The minimum atomic E-state index is -0.600. The van der Waals surface area contributed by atoms with Gasteiger partial charge < -0.3 is 26.0 Å². The molecule has 0 atom stereocenters. The molecule has 1 aliphatic rings. The van der Waals surface area contributed by atoms with Crippen molar-refractivity contribution in [1.29, 1.82) is 5.41 Å². The number of aromatic nitrogens is 2. The van der Waals surface area contributed by atoms with E-state index in [9.17, 15) is 9.59 Å². The molecule has 11 heteroatoms. The van der Waals surface area contributed by atoms with Gasteiger partial charge in [-0.1, -0.05) is 6.07 Å². The third-order valence-corrected chi connectivity index (χ3v) is 5.85. The van der Waals surface area contributed by atoms with E-state index in [0.717, 1.165) is 32.0 Å². The lowest BCUT2D eigenvalue weighted by Gasteiger charge is -2.26. The minimum Gasteiger partial charge on any atom is -0.398 e. The molecule has 0 saturated carbocycles. The first kappa shape index (κ1) is 25.7. The van der Waals surface area contributed by atoms with E-state index in [1.807, 2.05) is 6.07 Å². The number of carbonyl (C=O) groups is 2.